The summed E-state index contributed by atoms with van der Waals surface area (Å²) in [5, 5.41) is 9.54. The van der Waals surface area contributed by atoms with Crippen LogP contribution in [0.3, 0.4) is 0 Å². The molecule has 1 N–H and O–H groups in total. The first kappa shape index (κ1) is 15.9. The van der Waals surface area contributed by atoms with E-state index in [0.717, 1.165) is 5.56 Å². The van der Waals surface area contributed by atoms with Gasteiger partial charge in [0.05, 0.1) is 4.70 Å². The molecule has 1 amide bonds. The summed E-state index contributed by atoms with van der Waals surface area (Å²) in [5.74, 6) is -1.55. The number of thiophene rings is 1. The minimum atomic E-state index is -1.34. The molecule has 0 bridgehead atoms. The zero-order chi connectivity index (χ0) is 17.4. The Morgan fingerprint density at radius 1 is 1.21 bits per heavy atom. The molecule has 0 saturated heterocycles. The van der Waals surface area contributed by atoms with Crippen molar-refractivity contribution in [1.82, 2.24) is 0 Å². The van der Waals surface area contributed by atoms with Gasteiger partial charge in [0.2, 0.25) is 0 Å². The number of carbonyl (C=O) groups is 2. The predicted octanol–water partition coefficient (Wildman–Crippen LogP) is 3.14. The fourth-order valence-electron chi connectivity index (χ4n) is 2.29. The van der Waals surface area contributed by atoms with Gasteiger partial charge in [-0.2, -0.15) is 0 Å². The first-order chi connectivity index (χ1) is 11.4. The lowest BCUT2D eigenvalue weighted by atomic mass is 10.1. The van der Waals surface area contributed by atoms with E-state index in [2.05, 4.69) is 0 Å². The second-order valence-electron chi connectivity index (χ2n) is 5.30. The summed E-state index contributed by atoms with van der Waals surface area (Å²) in [6.07, 6.45) is 0. The maximum absolute atomic E-state index is 12.6. The summed E-state index contributed by atoms with van der Waals surface area (Å²) in [5.41, 5.74) is 0.440. The third kappa shape index (κ3) is 2.81. The Bertz CT molecular complexity index is 1020. The molecule has 2 heterocycles. The van der Waals surface area contributed by atoms with Gasteiger partial charge in [0.25, 0.3) is 5.91 Å². The Morgan fingerprint density at radius 3 is 2.62 bits per heavy atom. The zero-order valence-corrected chi connectivity index (χ0v) is 13.7. The van der Waals surface area contributed by atoms with E-state index in [4.69, 9.17) is 9.52 Å². The van der Waals surface area contributed by atoms with Crippen molar-refractivity contribution in [2.45, 2.75) is 6.92 Å². The van der Waals surface area contributed by atoms with Gasteiger partial charge >= 0.3 is 11.6 Å². The number of fused-ring (bicyclic) bond motifs is 1. The van der Waals surface area contributed by atoms with Gasteiger partial charge in [-0.05, 0) is 25.1 Å². The Balaban J connectivity index is 2.01. The third-order valence-electron chi connectivity index (χ3n) is 3.54. The summed E-state index contributed by atoms with van der Waals surface area (Å²) >= 11 is 1.18. The van der Waals surface area contributed by atoms with E-state index in [1.54, 1.807) is 31.3 Å². The number of hydrogen-bond acceptors (Lipinski definition) is 5. The highest BCUT2D eigenvalue weighted by Gasteiger charge is 2.19. The monoisotopic (exact) mass is 343 g/mol. The first-order valence-electron chi connectivity index (χ1n) is 7.02. The van der Waals surface area contributed by atoms with Crippen molar-refractivity contribution in [2.75, 3.05) is 11.9 Å². The maximum Gasteiger partial charge on any atom is 0.351 e. The molecule has 2 aromatic heterocycles. The van der Waals surface area contributed by atoms with Crippen LogP contribution in [-0.4, -0.2) is 24.0 Å². The number of nitrogens with zero attached hydrogens (tertiary/aromatic N) is 1. The van der Waals surface area contributed by atoms with E-state index < -0.39 is 17.2 Å². The molecule has 122 valence electrons. The van der Waals surface area contributed by atoms with Crippen molar-refractivity contribution in [2.24, 2.45) is 0 Å². The predicted molar refractivity (Wildman–Crippen MR) is 91.2 cm³/mol. The second kappa shape index (κ2) is 5.93. The summed E-state index contributed by atoms with van der Waals surface area (Å²) in [4.78, 5) is 36.6. The highest BCUT2D eigenvalue weighted by molar-refractivity contribution is 7.22. The summed E-state index contributed by atoms with van der Waals surface area (Å²) in [7, 11) is 1.62. The second-order valence-corrected chi connectivity index (χ2v) is 6.36. The molecule has 0 saturated carbocycles. The van der Waals surface area contributed by atoms with Crippen molar-refractivity contribution < 1.29 is 19.1 Å². The number of aryl methyl sites for hydroxylation is 1. The number of anilines is 1. The number of rotatable bonds is 3. The molecule has 3 aromatic rings. The van der Waals surface area contributed by atoms with Crippen LogP contribution >= 0.6 is 11.3 Å². The fourth-order valence-corrected chi connectivity index (χ4v) is 3.28. The van der Waals surface area contributed by atoms with E-state index >= 15 is 0 Å². The van der Waals surface area contributed by atoms with Crippen LogP contribution in [-0.2, 0) is 0 Å². The lowest BCUT2D eigenvalue weighted by Crippen LogP contribution is -2.25. The number of carboxylic acids is 1. The molecule has 0 radical (unpaired) electrons. The summed E-state index contributed by atoms with van der Waals surface area (Å²) in [6, 6.07) is 10.0. The Hall–Kier alpha value is -2.93. The molecule has 0 aliphatic rings. The van der Waals surface area contributed by atoms with Crippen molar-refractivity contribution in [3.63, 3.8) is 0 Å². The lowest BCUT2D eigenvalue weighted by molar-refractivity contribution is 0.0692. The van der Waals surface area contributed by atoms with Crippen LogP contribution in [0.4, 0.5) is 5.00 Å². The minimum Gasteiger partial charge on any atom is -0.477 e. The molecule has 0 fully saturated rings. The van der Waals surface area contributed by atoms with E-state index in [9.17, 15) is 14.4 Å². The summed E-state index contributed by atoms with van der Waals surface area (Å²) in [6.45, 7) is 1.90. The average molecular weight is 343 g/mol. The van der Waals surface area contributed by atoms with Gasteiger partial charge in [-0.3, -0.25) is 4.79 Å². The van der Waals surface area contributed by atoms with Gasteiger partial charge < -0.3 is 14.4 Å². The Labute approximate surface area is 140 Å². The van der Waals surface area contributed by atoms with Crippen LogP contribution in [0.1, 0.15) is 26.3 Å². The number of amides is 1. The van der Waals surface area contributed by atoms with Crippen molar-refractivity contribution in [3.8, 4) is 0 Å². The van der Waals surface area contributed by atoms with E-state index in [1.165, 1.54) is 22.3 Å². The molecule has 3 rings (SSSR count). The van der Waals surface area contributed by atoms with Crippen molar-refractivity contribution in [1.29, 1.82) is 0 Å². The van der Waals surface area contributed by atoms with E-state index in [-0.39, 0.29) is 11.5 Å². The molecule has 1 aromatic carbocycles. The molecular formula is C17H13NO5S. The van der Waals surface area contributed by atoms with Crippen LogP contribution in [0.5, 0.6) is 0 Å². The number of carbonyl (C=O) groups excluding carboxylic acids is 1. The van der Waals surface area contributed by atoms with Crippen LogP contribution in [0, 0.1) is 6.92 Å². The largest absolute Gasteiger partial charge is 0.477 e. The van der Waals surface area contributed by atoms with Gasteiger partial charge in [-0.1, -0.05) is 17.7 Å². The molecule has 0 aliphatic carbocycles. The molecule has 0 atom stereocenters. The fraction of sp³-hybridized carbons (Fsp3) is 0.118. The van der Waals surface area contributed by atoms with E-state index in [1.807, 2.05) is 13.0 Å². The van der Waals surface area contributed by atoms with Gasteiger partial charge in [0.15, 0.2) is 5.58 Å². The number of carboxylic acid groups (broad SMARTS) is 1. The van der Waals surface area contributed by atoms with Gasteiger partial charge in [-0.15, -0.1) is 11.3 Å². The zero-order valence-electron chi connectivity index (χ0n) is 12.9. The molecular weight excluding hydrogens is 330 g/mol. The van der Waals surface area contributed by atoms with Crippen LogP contribution < -0.4 is 10.5 Å². The molecule has 7 heteroatoms. The van der Waals surface area contributed by atoms with E-state index in [0.29, 0.717) is 15.3 Å². The number of hydrogen-bond donors (Lipinski definition) is 1. The summed E-state index contributed by atoms with van der Waals surface area (Å²) < 4.78 is 5.52. The van der Waals surface area contributed by atoms with Crippen LogP contribution in [0.2, 0.25) is 0 Å². The average Bonchev–Trinajstić information content (AvgIpc) is 2.95. The quantitative estimate of drug-likeness (QED) is 0.789. The molecule has 6 nitrogen and oxygen atoms in total. The normalized spacial score (nSPS) is 10.8. The molecule has 0 spiro atoms. The van der Waals surface area contributed by atoms with Crippen molar-refractivity contribution in [3.05, 3.63) is 63.5 Å². The number of aromatic carboxylic acids is 1. The standard InChI is InChI=1S/C17H13NO5S/c1-9-4-3-5-10(6-9)15(19)18(2)14-8-12-13(24-14)7-11(16(20)21)17(22)23-12/h3-8H,1-2H3,(H,20,21). The topological polar surface area (TPSA) is 87.8 Å². The smallest absolute Gasteiger partial charge is 0.351 e. The maximum atomic E-state index is 12.6. The Morgan fingerprint density at radius 2 is 1.96 bits per heavy atom. The van der Waals surface area contributed by atoms with Crippen molar-refractivity contribution >= 4 is 38.5 Å². The molecule has 0 aliphatic heterocycles. The van der Waals surface area contributed by atoms with Gasteiger partial charge in [0, 0.05) is 18.7 Å². The van der Waals surface area contributed by atoms with Gasteiger partial charge in [0.1, 0.15) is 10.6 Å². The van der Waals surface area contributed by atoms with Gasteiger partial charge in [-0.25, -0.2) is 9.59 Å². The Kier molecular flexibility index (Phi) is 3.94. The highest BCUT2D eigenvalue weighted by Crippen LogP contribution is 2.32. The first-order valence-corrected chi connectivity index (χ1v) is 7.84. The minimum absolute atomic E-state index is 0.203. The molecule has 0 unspecified atom stereocenters. The SMILES string of the molecule is Cc1cccc(C(=O)N(C)c2cc3oc(=O)c(C(=O)O)cc3s2)c1. The molecule has 24 heavy (non-hydrogen) atoms. The van der Waals surface area contributed by atoms with Crippen LogP contribution in [0.15, 0.2) is 45.6 Å². The third-order valence-corrected chi connectivity index (χ3v) is 4.68. The lowest BCUT2D eigenvalue weighted by Gasteiger charge is -2.14. The highest BCUT2D eigenvalue weighted by atomic mass is 32.1. The number of benzene rings is 1. The van der Waals surface area contributed by atoms with Crippen LogP contribution in [0.25, 0.3) is 10.3 Å².